The first kappa shape index (κ1) is 22.5. The maximum Gasteiger partial charge on any atom is 0.255 e. The van der Waals surface area contributed by atoms with Crippen molar-refractivity contribution in [1.82, 2.24) is 20.0 Å². The predicted molar refractivity (Wildman–Crippen MR) is 135 cm³/mol. The molecular formula is C27H28N4O2S. The van der Waals surface area contributed by atoms with E-state index in [4.69, 9.17) is 9.84 Å². The molecule has 1 N–H and O–H groups in total. The molecule has 1 amide bonds. The second kappa shape index (κ2) is 10.8. The first-order valence-corrected chi connectivity index (χ1v) is 12.4. The van der Waals surface area contributed by atoms with Gasteiger partial charge in [0.2, 0.25) is 0 Å². The van der Waals surface area contributed by atoms with Gasteiger partial charge in [-0.3, -0.25) is 14.4 Å². The van der Waals surface area contributed by atoms with E-state index in [0.29, 0.717) is 18.7 Å². The summed E-state index contributed by atoms with van der Waals surface area (Å²) in [5.74, 6) is -0.110. The second-order valence-electron chi connectivity index (χ2n) is 8.44. The fraction of sp³-hybridized carbons (Fsp3) is 0.259. The van der Waals surface area contributed by atoms with Crippen LogP contribution in [0.4, 0.5) is 0 Å². The van der Waals surface area contributed by atoms with Gasteiger partial charge in [-0.15, -0.1) is 11.3 Å². The number of amides is 1. The number of benzene rings is 2. The van der Waals surface area contributed by atoms with Crippen LogP contribution >= 0.6 is 11.3 Å². The van der Waals surface area contributed by atoms with E-state index < -0.39 is 0 Å². The van der Waals surface area contributed by atoms with Gasteiger partial charge >= 0.3 is 0 Å². The standard InChI is InChI=1S/C27H28N4O2S/c32-27(28-17-22-8-4-9-23(16-22)18-30-11-13-33-14-12-30)24-20-31(19-21-6-2-1-3-7-21)29-26(24)25-10-5-15-34-25/h1-10,15-16,20H,11-14,17-19H2,(H,28,32). The largest absolute Gasteiger partial charge is 0.379 e. The molecule has 34 heavy (non-hydrogen) atoms. The van der Waals surface area contributed by atoms with Crippen molar-refractivity contribution in [3.8, 4) is 10.6 Å². The lowest BCUT2D eigenvalue weighted by Gasteiger charge is -2.26. The van der Waals surface area contributed by atoms with Gasteiger partial charge in [0.1, 0.15) is 5.69 Å². The van der Waals surface area contributed by atoms with Crippen LogP contribution in [0.3, 0.4) is 0 Å². The summed E-state index contributed by atoms with van der Waals surface area (Å²) in [6.45, 7) is 5.50. The summed E-state index contributed by atoms with van der Waals surface area (Å²) in [7, 11) is 0. The van der Waals surface area contributed by atoms with Gasteiger partial charge in [0, 0.05) is 32.4 Å². The maximum absolute atomic E-state index is 13.2. The number of morpholine rings is 1. The number of nitrogens with zero attached hydrogens (tertiary/aromatic N) is 3. The highest BCUT2D eigenvalue weighted by atomic mass is 32.1. The van der Waals surface area contributed by atoms with Crippen molar-refractivity contribution in [2.24, 2.45) is 0 Å². The normalized spacial score (nSPS) is 14.2. The van der Waals surface area contributed by atoms with E-state index in [-0.39, 0.29) is 5.91 Å². The van der Waals surface area contributed by atoms with Gasteiger partial charge in [0.15, 0.2) is 0 Å². The number of carbonyl (C=O) groups excluding carboxylic acids is 1. The zero-order valence-electron chi connectivity index (χ0n) is 19.0. The molecule has 0 bridgehead atoms. The molecule has 1 saturated heterocycles. The Balaban J connectivity index is 1.29. The summed E-state index contributed by atoms with van der Waals surface area (Å²) in [4.78, 5) is 16.6. The monoisotopic (exact) mass is 472 g/mol. The van der Waals surface area contributed by atoms with Crippen LogP contribution in [-0.4, -0.2) is 46.9 Å². The van der Waals surface area contributed by atoms with E-state index in [1.807, 2.05) is 46.6 Å². The molecule has 3 heterocycles. The number of ether oxygens (including phenoxy) is 1. The fourth-order valence-electron chi connectivity index (χ4n) is 4.17. The Labute approximate surface area is 203 Å². The molecule has 0 unspecified atom stereocenters. The van der Waals surface area contributed by atoms with Gasteiger partial charge < -0.3 is 10.1 Å². The highest BCUT2D eigenvalue weighted by Crippen LogP contribution is 2.27. The Bertz CT molecular complexity index is 1210. The number of carbonyl (C=O) groups is 1. The second-order valence-corrected chi connectivity index (χ2v) is 9.39. The van der Waals surface area contributed by atoms with Gasteiger partial charge in [0.25, 0.3) is 5.91 Å². The number of rotatable bonds is 8. The number of thiophene rings is 1. The molecule has 2 aromatic carbocycles. The van der Waals surface area contributed by atoms with Gasteiger partial charge in [-0.25, -0.2) is 0 Å². The molecule has 174 valence electrons. The average molecular weight is 473 g/mol. The van der Waals surface area contributed by atoms with Crippen LogP contribution in [0.15, 0.2) is 78.3 Å². The zero-order chi connectivity index (χ0) is 23.2. The van der Waals surface area contributed by atoms with Crippen molar-refractivity contribution in [2.45, 2.75) is 19.6 Å². The van der Waals surface area contributed by atoms with Gasteiger partial charge in [-0.05, 0) is 28.1 Å². The van der Waals surface area contributed by atoms with Gasteiger partial charge in [-0.1, -0.05) is 60.7 Å². The van der Waals surface area contributed by atoms with E-state index in [1.165, 1.54) is 5.56 Å². The lowest BCUT2D eigenvalue weighted by atomic mass is 10.1. The summed E-state index contributed by atoms with van der Waals surface area (Å²) in [5, 5.41) is 9.87. The Morgan fingerprint density at radius 1 is 0.941 bits per heavy atom. The smallest absolute Gasteiger partial charge is 0.255 e. The zero-order valence-corrected chi connectivity index (χ0v) is 19.8. The summed E-state index contributed by atoms with van der Waals surface area (Å²) < 4.78 is 7.29. The Morgan fingerprint density at radius 3 is 2.53 bits per heavy atom. The van der Waals surface area contributed by atoms with E-state index >= 15 is 0 Å². The highest BCUT2D eigenvalue weighted by molar-refractivity contribution is 7.13. The summed E-state index contributed by atoms with van der Waals surface area (Å²) in [6, 6.07) is 22.6. The highest BCUT2D eigenvalue weighted by Gasteiger charge is 2.19. The predicted octanol–water partition coefficient (Wildman–Crippen LogP) is 4.42. The minimum atomic E-state index is -0.110. The van der Waals surface area contributed by atoms with Crippen molar-refractivity contribution in [3.05, 3.63) is 101 Å². The lowest BCUT2D eigenvalue weighted by molar-refractivity contribution is 0.0342. The van der Waals surface area contributed by atoms with Crippen LogP contribution in [0.2, 0.25) is 0 Å². The van der Waals surface area contributed by atoms with E-state index in [9.17, 15) is 4.79 Å². The van der Waals surface area contributed by atoms with Crippen LogP contribution < -0.4 is 5.32 Å². The van der Waals surface area contributed by atoms with Crippen molar-refractivity contribution in [2.75, 3.05) is 26.3 Å². The van der Waals surface area contributed by atoms with Crippen LogP contribution in [0.25, 0.3) is 10.6 Å². The van der Waals surface area contributed by atoms with Crippen LogP contribution in [0.1, 0.15) is 27.0 Å². The third-order valence-electron chi connectivity index (χ3n) is 5.90. The molecule has 6 nitrogen and oxygen atoms in total. The molecule has 5 rings (SSSR count). The molecule has 2 aromatic heterocycles. The minimum Gasteiger partial charge on any atom is -0.379 e. The third kappa shape index (κ3) is 5.62. The number of hydrogen-bond donors (Lipinski definition) is 1. The molecule has 1 fully saturated rings. The third-order valence-corrected chi connectivity index (χ3v) is 6.78. The summed E-state index contributed by atoms with van der Waals surface area (Å²) in [5.41, 5.74) is 4.82. The molecule has 7 heteroatoms. The van der Waals surface area contributed by atoms with E-state index in [0.717, 1.165) is 54.5 Å². The molecule has 0 radical (unpaired) electrons. The topological polar surface area (TPSA) is 59.4 Å². The molecule has 1 aliphatic heterocycles. The Kier molecular flexibility index (Phi) is 7.14. The molecule has 0 atom stereocenters. The molecular weight excluding hydrogens is 444 g/mol. The first-order chi connectivity index (χ1) is 16.7. The SMILES string of the molecule is O=C(NCc1cccc(CN2CCOCC2)c1)c1cn(Cc2ccccc2)nc1-c1cccs1. The van der Waals surface area contributed by atoms with Crippen molar-refractivity contribution in [3.63, 3.8) is 0 Å². The van der Waals surface area contributed by atoms with Crippen LogP contribution in [0, 0.1) is 0 Å². The van der Waals surface area contributed by atoms with E-state index in [1.54, 1.807) is 11.3 Å². The van der Waals surface area contributed by atoms with E-state index in [2.05, 4.69) is 46.6 Å². The van der Waals surface area contributed by atoms with Gasteiger partial charge in [-0.2, -0.15) is 5.10 Å². The fourth-order valence-corrected chi connectivity index (χ4v) is 4.89. The van der Waals surface area contributed by atoms with Crippen molar-refractivity contribution >= 4 is 17.2 Å². The molecule has 4 aromatic rings. The minimum absolute atomic E-state index is 0.110. The first-order valence-electron chi connectivity index (χ1n) is 11.6. The molecule has 0 spiro atoms. The van der Waals surface area contributed by atoms with Crippen LogP contribution in [0.5, 0.6) is 0 Å². The summed E-state index contributed by atoms with van der Waals surface area (Å²) >= 11 is 1.59. The van der Waals surface area contributed by atoms with Crippen molar-refractivity contribution in [1.29, 1.82) is 0 Å². The Morgan fingerprint density at radius 2 is 1.74 bits per heavy atom. The number of hydrogen-bond acceptors (Lipinski definition) is 5. The lowest BCUT2D eigenvalue weighted by Crippen LogP contribution is -2.35. The molecule has 0 aliphatic carbocycles. The Hall–Kier alpha value is -3.26. The number of nitrogens with one attached hydrogen (secondary N) is 1. The quantitative estimate of drug-likeness (QED) is 0.412. The number of aromatic nitrogens is 2. The van der Waals surface area contributed by atoms with Crippen molar-refractivity contribution < 1.29 is 9.53 Å². The summed E-state index contributed by atoms with van der Waals surface area (Å²) in [6.07, 6.45) is 1.85. The van der Waals surface area contributed by atoms with Gasteiger partial charge in [0.05, 0.1) is 30.2 Å². The molecule has 1 aliphatic rings. The average Bonchev–Trinajstić information content (AvgIpc) is 3.54. The maximum atomic E-state index is 13.2. The molecule has 0 saturated carbocycles. The van der Waals surface area contributed by atoms with Crippen LogP contribution in [-0.2, 0) is 24.4 Å².